The summed E-state index contributed by atoms with van der Waals surface area (Å²) in [6.45, 7) is 2.66. The monoisotopic (exact) mass is 445 g/mol. The molecule has 1 saturated heterocycles. The van der Waals surface area contributed by atoms with Crippen molar-refractivity contribution >= 4 is 11.4 Å². The molecule has 168 valence electrons. The van der Waals surface area contributed by atoms with Crippen LogP contribution in [0.2, 0.25) is 0 Å². The maximum absolute atomic E-state index is 12.1. The van der Waals surface area contributed by atoms with Crippen LogP contribution in [0.4, 0.5) is 11.4 Å². The Kier molecular flexibility index (Phi) is 5.86. The normalized spacial score (nSPS) is 24.4. The van der Waals surface area contributed by atoms with Crippen LogP contribution in [0, 0.1) is 45.9 Å². The number of nitrogens with one attached hydrogen (secondary N) is 1. The van der Waals surface area contributed by atoms with E-state index in [0.29, 0.717) is 0 Å². The van der Waals surface area contributed by atoms with Gasteiger partial charge in [0.15, 0.2) is 0 Å². The zero-order valence-electron chi connectivity index (χ0n) is 17.0. The number of para-hydroxylation sites is 2. The van der Waals surface area contributed by atoms with E-state index < -0.39 is 60.7 Å². The maximum atomic E-state index is 12.1. The fourth-order valence-corrected chi connectivity index (χ4v) is 4.55. The molecule has 32 heavy (non-hydrogen) atoms. The fourth-order valence-electron chi connectivity index (χ4n) is 4.55. The molecule has 13 nitrogen and oxygen atoms in total. The van der Waals surface area contributed by atoms with Gasteiger partial charge in [-0.2, -0.15) is 0 Å². The lowest BCUT2D eigenvalue weighted by molar-refractivity contribution is -0.605. The van der Waals surface area contributed by atoms with Crippen LogP contribution >= 0.6 is 0 Å². The van der Waals surface area contributed by atoms with E-state index in [1.54, 1.807) is 0 Å². The Hall–Kier alpha value is -4.00. The highest BCUT2D eigenvalue weighted by Gasteiger charge is 2.64. The quantitative estimate of drug-likeness (QED) is 0.515. The lowest BCUT2D eigenvalue weighted by atomic mass is 9.66. The summed E-state index contributed by atoms with van der Waals surface area (Å²) in [6.07, 6.45) is 0. The van der Waals surface area contributed by atoms with E-state index in [9.17, 15) is 40.5 Å². The van der Waals surface area contributed by atoms with Crippen molar-refractivity contribution in [1.29, 1.82) is 0 Å². The number of piperidine rings is 1. The summed E-state index contributed by atoms with van der Waals surface area (Å²) in [5.74, 6) is 0. The van der Waals surface area contributed by atoms with Crippen LogP contribution in [0.25, 0.3) is 0 Å². The molecule has 0 amide bonds. The maximum Gasteiger partial charge on any atom is 0.274 e. The minimum Gasteiger partial charge on any atom is -0.291 e. The highest BCUT2D eigenvalue weighted by molar-refractivity contribution is 5.46. The Balaban J connectivity index is 2.29. The van der Waals surface area contributed by atoms with Crippen molar-refractivity contribution in [2.24, 2.45) is 5.41 Å². The molecule has 4 atom stereocenters. The molecule has 0 spiro atoms. The van der Waals surface area contributed by atoms with Gasteiger partial charge in [0.25, 0.3) is 11.4 Å². The summed E-state index contributed by atoms with van der Waals surface area (Å²) in [4.78, 5) is 44.6. The van der Waals surface area contributed by atoms with Crippen LogP contribution in [0.1, 0.15) is 37.1 Å². The molecule has 1 aliphatic rings. The first kappa shape index (κ1) is 22.7. The van der Waals surface area contributed by atoms with E-state index in [4.69, 9.17) is 0 Å². The molecule has 2 aromatic rings. The van der Waals surface area contributed by atoms with Gasteiger partial charge in [-0.05, 0) is 13.8 Å². The van der Waals surface area contributed by atoms with Crippen molar-refractivity contribution in [2.75, 3.05) is 0 Å². The van der Waals surface area contributed by atoms with E-state index in [1.165, 1.54) is 62.4 Å². The van der Waals surface area contributed by atoms with Crippen LogP contribution in [-0.4, -0.2) is 31.8 Å². The third-order valence-corrected chi connectivity index (χ3v) is 5.91. The van der Waals surface area contributed by atoms with E-state index >= 15 is 0 Å². The highest BCUT2D eigenvalue weighted by atomic mass is 16.6. The van der Waals surface area contributed by atoms with Gasteiger partial charge in [0, 0.05) is 22.0 Å². The molecule has 1 aliphatic heterocycles. The highest BCUT2D eigenvalue weighted by Crippen LogP contribution is 2.49. The molecule has 0 aromatic heterocycles. The van der Waals surface area contributed by atoms with E-state index in [-0.39, 0.29) is 11.1 Å². The van der Waals surface area contributed by atoms with Crippen molar-refractivity contribution in [3.8, 4) is 0 Å². The second-order valence-corrected chi connectivity index (χ2v) is 8.04. The largest absolute Gasteiger partial charge is 0.291 e. The Bertz CT molecular complexity index is 1020. The van der Waals surface area contributed by atoms with Crippen molar-refractivity contribution < 1.29 is 19.7 Å². The lowest BCUT2D eigenvalue weighted by Crippen LogP contribution is -2.63. The van der Waals surface area contributed by atoms with Crippen LogP contribution in [0.3, 0.4) is 0 Å². The number of benzene rings is 2. The molecule has 0 aliphatic carbocycles. The van der Waals surface area contributed by atoms with E-state index in [2.05, 4.69) is 5.32 Å². The summed E-state index contributed by atoms with van der Waals surface area (Å²) in [6, 6.07) is 4.88. The molecular formula is C19H19N5O8. The SMILES string of the molecule is CC1(C)[C@@H]([N+](=O)[O-])[C@@H](c2ccccc2[N+](=O)[O-])N[C@@H](c2ccccc2[N+](=O)[O-])[C@@H]1[N+](=O)[O-]. The van der Waals surface area contributed by atoms with Gasteiger partial charge >= 0.3 is 0 Å². The molecule has 2 aromatic carbocycles. The van der Waals surface area contributed by atoms with Gasteiger partial charge in [-0.3, -0.25) is 45.8 Å². The second-order valence-electron chi connectivity index (χ2n) is 8.04. The van der Waals surface area contributed by atoms with Crippen LogP contribution in [0.5, 0.6) is 0 Å². The van der Waals surface area contributed by atoms with Gasteiger partial charge in [-0.25, -0.2) is 0 Å². The number of rotatable bonds is 6. The first-order valence-corrected chi connectivity index (χ1v) is 9.48. The van der Waals surface area contributed by atoms with Gasteiger partial charge in [0.2, 0.25) is 12.1 Å². The number of nitro benzene ring substituents is 2. The molecule has 1 N–H and O–H groups in total. The predicted octanol–water partition coefficient (Wildman–Crippen LogP) is 3.21. The molecule has 0 unspecified atom stereocenters. The summed E-state index contributed by atoms with van der Waals surface area (Å²) in [5, 5.41) is 50.1. The van der Waals surface area contributed by atoms with Crippen LogP contribution in [0.15, 0.2) is 48.5 Å². The molecule has 0 bridgehead atoms. The average molecular weight is 445 g/mol. The predicted molar refractivity (Wildman–Crippen MR) is 110 cm³/mol. The number of nitrogens with zero attached hydrogens (tertiary/aromatic N) is 4. The van der Waals surface area contributed by atoms with Crippen LogP contribution < -0.4 is 5.32 Å². The molecule has 1 heterocycles. The van der Waals surface area contributed by atoms with Gasteiger partial charge in [-0.15, -0.1) is 0 Å². The van der Waals surface area contributed by atoms with Crippen LogP contribution in [-0.2, 0) is 0 Å². The standard InChI is InChI=1S/C19H19N5O8/c1-19(2)17(23(29)30)15(11-7-3-5-9-13(11)21(25)26)20-16(18(19)24(31)32)12-8-4-6-10-14(12)22(27)28/h3-10,15-18,20H,1-2H3/t15-,16+,17-,18-/m0/s1. The van der Waals surface area contributed by atoms with Gasteiger partial charge < -0.3 is 0 Å². The van der Waals surface area contributed by atoms with Crippen molar-refractivity contribution in [3.63, 3.8) is 0 Å². The molecular weight excluding hydrogens is 426 g/mol. The zero-order valence-corrected chi connectivity index (χ0v) is 17.0. The van der Waals surface area contributed by atoms with Gasteiger partial charge in [0.05, 0.1) is 21.0 Å². The molecule has 1 fully saturated rings. The smallest absolute Gasteiger partial charge is 0.274 e. The summed E-state index contributed by atoms with van der Waals surface area (Å²) in [7, 11) is 0. The number of hydrogen-bond acceptors (Lipinski definition) is 9. The van der Waals surface area contributed by atoms with Gasteiger partial charge in [0.1, 0.15) is 17.5 Å². The minimum atomic E-state index is -1.64. The first-order valence-electron chi connectivity index (χ1n) is 9.48. The molecule has 0 saturated carbocycles. The summed E-state index contributed by atoms with van der Waals surface area (Å²) in [5.41, 5.74) is -2.49. The minimum absolute atomic E-state index is 0.0299. The number of nitro groups is 4. The Morgan fingerprint density at radius 2 is 1.03 bits per heavy atom. The van der Waals surface area contributed by atoms with Crippen molar-refractivity contribution in [2.45, 2.75) is 38.0 Å². The Morgan fingerprint density at radius 3 is 1.34 bits per heavy atom. The topological polar surface area (TPSA) is 185 Å². The fraction of sp³-hybridized carbons (Fsp3) is 0.368. The third kappa shape index (κ3) is 3.73. The van der Waals surface area contributed by atoms with Gasteiger partial charge in [-0.1, -0.05) is 36.4 Å². The summed E-state index contributed by atoms with van der Waals surface area (Å²) < 4.78 is 0. The summed E-state index contributed by atoms with van der Waals surface area (Å²) >= 11 is 0. The number of hydrogen-bond donors (Lipinski definition) is 1. The first-order chi connectivity index (χ1) is 15.0. The lowest BCUT2D eigenvalue weighted by Gasteiger charge is -2.44. The second kappa shape index (κ2) is 8.26. The van der Waals surface area contributed by atoms with E-state index in [0.717, 1.165) is 0 Å². The average Bonchev–Trinajstić information content (AvgIpc) is 2.71. The van der Waals surface area contributed by atoms with E-state index in [1.807, 2.05) is 0 Å². The molecule has 3 rings (SSSR count). The Labute approximate surface area is 180 Å². The Morgan fingerprint density at radius 1 is 0.688 bits per heavy atom. The molecule has 0 radical (unpaired) electrons. The molecule has 13 heteroatoms. The zero-order chi connectivity index (χ0) is 23.8. The van der Waals surface area contributed by atoms with Crippen molar-refractivity contribution in [1.82, 2.24) is 5.32 Å². The third-order valence-electron chi connectivity index (χ3n) is 5.91. The van der Waals surface area contributed by atoms with Crippen molar-refractivity contribution in [3.05, 3.63) is 100 Å².